The molecule has 9 heteroatoms. The number of benzene rings is 3. The summed E-state index contributed by atoms with van der Waals surface area (Å²) in [4.78, 5) is 31.4. The Balaban J connectivity index is 1.90. The van der Waals surface area contributed by atoms with Gasteiger partial charge in [-0.25, -0.2) is 26.9 Å². The van der Waals surface area contributed by atoms with Crippen LogP contribution in [0.1, 0.15) is 10.4 Å². The van der Waals surface area contributed by atoms with Gasteiger partial charge in [0.05, 0.1) is 11.8 Å². The van der Waals surface area contributed by atoms with Gasteiger partial charge < -0.3 is 4.98 Å². The third-order valence-electron chi connectivity index (χ3n) is 4.98. The molecular formula is C25H13F5N2O2. The summed E-state index contributed by atoms with van der Waals surface area (Å²) in [5.74, 6) is -12.0. The molecule has 0 aliphatic rings. The molecule has 0 saturated heterocycles. The van der Waals surface area contributed by atoms with E-state index < -0.39 is 46.1 Å². The maximum atomic E-state index is 13.9. The topological polar surface area (TPSA) is 62.3 Å². The molecule has 0 aliphatic heterocycles. The van der Waals surface area contributed by atoms with E-state index in [-0.39, 0.29) is 16.7 Å². The molecule has 0 aliphatic carbocycles. The zero-order chi connectivity index (χ0) is 24.4. The lowest BCUT2D eigenvalue weighted by molar-refractivity contribution is 0.107. The fraction of sp³-hybridized carbons (Fsp3) is 0. The van der Waals surface area contributed by atoms with Crippen molar-refractivity contribution in [3.8, 4) is 22.3 Å². The zero-order valence-electron chi connectivity index (χ0n) is 17.1. The number of nitrogens with one attached hydrogen (secondary N) is 1. The van der Waals surface area contributed by atoms with Crippen LogP contribution in [0.25, 0.3) is 22.3 Å². The lowest BCUT2D eigenvalue weighted by Gasteiger charge is -2.13. The van der Waals surface area contributed by atoms with Gasteiger partial charge in [0, 0.05) is 17.3 Å². The summed E-state index contributed by atoms with van der Waals surface area (Å²) in [6, 6.07) is 16.9. The van der Waals surface area contributed by atoms with Gasteiger partial charge in [-0.1, -0.05) is 60.7 Å². The molecule has 0 spiro atoms. The Morgan fingerprint density at radius 2 is 1.18 bits per heavy atom. The highest BCUT2D eigenvalue weighted by Gasteiger charge is 2.26. The number of halogens is 5. The minimum Gasteiger partial charge on any atom is -0.328 e. The van der Waals surface area contributed by atoms with E-state index in [9.17, 15) is 31.5 Å². The van der Waals surface area contributed by atoms with E-state index in [1.165, 1.54) is 0 Å². The summed E-state index contributed by atoms with van der Waals surface area (Å²) in [6.45, 7) is 0. The average Bonchev–Trinajstić information content (AvgIpc) is 2.87. The molecule has 34 heavy (non-hydrogen) atoms. The highest BCUT2D eigenvalue weighted by atomic mass is 19.2. The second kappa shape index (κ2) is 9.22. The minimum absolute atomic E-state index is 0.0997. The van der Waals surface area contributed by atoms with Gasteiger partial charge in [-0.3, -0.25) is 9.59 Å². The average molecular weight is 468 g/mol. The number of hydrogen-bond donors (Lipinski definition) is 1. The van der Waals surface area contributed by atoms with Crippen LogP contribution in [0.15, 0.2) is 76.6 Å². The van der Waals surface area contributed by atoms with Crippen LogP contribution in [0.3, 0.4) is 0 Å². The van der Waals surface area contributed by atoms with Crippen molar-refractivity contribution in [2.45, 2.75) is 0 Å². The maximum Gasteiger partial charge on any atom is 0.256 e. The molecule has 4 nitrogen and oxygen atoms in total. The van der Waals surface area contributed by atoms with Gasteiger partial charge in [-0.2, -0.15) is 0 Å². The summed E-state index contributed by atoms with van der Waals surface area (Å²) >= 11 is 0. The standard InChI is InChI=1S/C25H13F5N2O2/c26-19-20(27)22(29)24(23(30)21(19)28)31-12-16(33)15-11-32-25(34)18(14-9-5-2-6-10-14)17(15)13-7-3-1-4-8-13/h1-12H,(H,32,34). The first-order valence-electron chi connectivity index (χ1n) is 9.77. The van der Waals surface area contributed by atoms with Crippen molar-refractivity contribution in [2.75, 3.05) is 0 Å². The van der Waals surface area contributed by atoms with Crippen molar-refractivity contribution in [1.29, 1.82) is 0 Å². The number of carbonyl (C=O) groups excluding carboxylic acids is 1. The fourth-order valence-electron chi connectivity index (χ4n) is 3.41. The van der Waals surface area contributed by atoms with E-state index in [1.807, 2.05) is 0 Å². The lowest BCUT2D eigenvalue weighted by atomic mass is 9.91. The van der Waals surface area contributed by atoms with Crippen LogP contribution in [-0.2, 0) is 0 Å². The molecule has 0 radical (unpaired) electrons. The molecule has 4 rings (SSSR count). The number of nitrogens with zero attached hydrogens (tertiary/aromatic N) is 1. The van der Waals surface area contributed by atoms with E-state index in [4.69, 9.17) is 0 Å². The number of pyridine rings is 1. The summed E-state index contributed by atoms with van der Waals surface area (Å²) in [7, 11) is 0. The predicted molar refractivity (Wildman–Crippen MR) is 117 cm³/mol. The van der Waals surface area contributed by atoms with Crippen LogP contribution in [0, 0.1) is 29.1 Å². The fourth-order valence-corrected chi connectivity index (χ4v) is 3.41. The maximum absolute atomic E-state index is 13.9. The van der Waals surface area contributed by atoms with Crippen molar-refractivity contribution in [1.82, 2.24) is 4.98 Å². The van der Waals surface area contributed by atoms with Crippen LogP contribution in [0.5, 0.6) is 0 Å². The van der Waals surface area contributed by atoms with Crippen molar-refractivity contribution >= 4 is 17.7 Å². The number of Topliss-reactive ketones (excluding diaryl/α,β-unsaturated/α-hetero) is 1. The van der Waals surface area contributed by atoms with Crippen LogP contribution >= 0.6 is 0 Å². The van der Waals surface area contributed by atoms with Crippen LogP contribution in [-0.4, -0.2) is 17.0 Å². The molecule has 3 aromatic carbocycles. The van der Waals surface area contributed by atoms with Crippen molar-refractivity contribution in [3.63, 3.8) is 0 Å². The third-order valence-corrected chi connectivity index (χ3v) is 4.98. The Bertz CT molecular complexity index is 1450. The molecule has 0 amide bonds. The summed E-state index contributed by atoms with van der Waals surface area (Å²) in [5.41, 5.74) is -0.754. The second-order valence-electron chi connectivity index (χ2n) is 7.05. The lowest BCUT2D eigenvalue weighted by Crippen LogP contribution is -2.15. The first kappa shape index (κ1) is 22.8. The van der Waals surface area contributed by atoms with Crippen molar-refractivity contribution < 1.29 is 26.7 Å². The Morgan fingerprint density at radius 1 is 0.706 bits per heavy atom. The zero-order valence-corrected chi connectivity index (χ0v) is 17.1. The highest BCUT2D eigenvalue weighted by Crippen LogP contribution is 2.33. The van der Waals surface area contributed by atoms with Crippen LogP contribution < -0.4 is 5.56 Å². The third kappa shape index (κ3) is 4.03. The Kier molecular flexibility index (Phi) is 6.18. The molecule has 0 bridgehead atoms. The smallest absolute Gasteiger partial charge is 0.256 e. The van der Waals surface area contributed by atoms with E-state index in [2.05, 4.69) is 9.98 Å². The molecule has 0 atom stereocenters. The molecule has 4 aromatic rings. The van der Waals surface area contributed by atoms with E-state index in [0.29, 0.717) is 17.3 Å². The van der Waals surface area contributed by atoms with Crippen molar-refractivity contribution in [3.05, 3.63) is 112 Å². The Labute approximate surface area is 189 Å². The van der Waals surface area contributed by atoms with Crippen LogP contribution in [0.2, 0.25) is 0 Å². The largest absolute Gasteiger partial charge is 0.328 e. The molecule has 170 valence electrons. The number of carbonyl (C=O) groups is 1. The molecule has 1 heterocycles. The Morgan fingerprint density at radius 3 is 1.71 bits per heavy atom. The van der Waals surface area contributed by atoms with Gasteiger partial charge in [-0.05, 0) is 11.1 Å². The van der Waals surface area contributed by atoms with E-state index in [0.717, 1.165) is 6.20 Å². The number of H-pyrrole nitrogens is 1. The normalized spacial score (nSPS) is 11.2. The summed E-state index contributed by atoms with van der Waals surface area (Å²) in [5, 5.41) is 0. The predicted octanol–water partition coefficient (Wildman–Crippen LogP) is 5.99. The highest BCUT2D eigenvalue weighted by molar-refractivity contribution is 6.37. The minimum atomic E-state index is -2.33. The number of ketones is 1. The SMILES string of the molecule is O=C(C=Nc1c(F)c(F)c(F)c(F)c1F)c1c[nH]c(=O)c(-c2ccccc2)c1-c1ccccc1. The number of rotatable bonds is 5. The van der Waals surface area contributed by atoms with Crippen LogP contribution in [0.4, 0.5) is 27.6 Å². The summed E-state index contributed by atoms with van der Waals surface area (Å²) in [6.07, 6.45) is 1.54. The molecule has 1 aromatic heterocycles. The number of aliphatic imine (C=N–C) groups is 1. The monoisotopic (exact) mass is 468 g/mol. The first-order chi connectivity index (χ1) is 16.3. The van der Waals surface area contributed by atoms with Gasteiger partial charge in [0.15, 0.2) is 23.3 Å². The second-order valence-corrected chi connectivity index (χ2v) is 7.05. The first-order valence-corrected chi connectivity index (χ1v) is 9.77. The molecular weight excluding hydrogens is 455 g/mol. The quantitative estimate of drug-likeness (QED) is 0.129. The van der Waals surface area contributed by atoms with Gasteiger partial charge in [0.2, 0.25) is 11.6 Å². The number of aromatic nitrogens is 1. The molecule has 0 saturated carbocycles. The number of hydrogen-bond acceptors (Lipinski definition) is 3. The van der Waals surface area contributed by atoms with E-state index in [1.54, 1.807) is 60.7 Å². The van der Waals surface area contributed by atoms with Gasteiger partial charge in [0.25, 0.3) is 5.56 Å². The molecule has 0 fully saturated rings. The van der Waals surface area contributed by atoms with E-state index >= 15 is 0 Å². The van der Waals surface area contributed by atoms with Crippen molar-refractivity contribution in [2.24, 2.45) is 4.99 Å². The van der Waals surface area contributed by atoms with Gasteiger partial charge in [0.1, 0.15) is 5.69 Å². The summed E-state index contributed by atoms with van der Waals surface area (Å²) < 4.78 is 68.1. The molecule has 0 unspecified atom stereocenters. The van der Waals surface area contributed by atoms with Gasteiger partial charge in [-0.15, -0.1) is 0 Å². The Hall–Kier alpha value is -4.40. The molecule has 1 N–H and O–H groups in total. The number of aromatic amines is 1. The van der Waals surface area contributed by atoms with Gasteiger partial charge >= 0.3 is 0 Å².